The molecule has 0 bridgehead atoms. The molecule has 4 nitrogen and oxygen atoms in total. The zero-order valence-electron chi connectivity index (χ0n) is 10.8. The van der Waals surface area contributed by atoms with Crippen LogP contribution >= 0.6 is 0 Å². The van der Waals surface area contributed by atoms with Gasteiger partial charge in [-0.1, -0.05) is 0 Å². The first-order valence-electron chi connectivity index (χ1n) is 6.14. The van der Waals surface area contributed by atoms with Gasteiger partial charge in [0.2, 0.25) is 0 Å². The smallest absolute Gasteiger partial charge is 0.162 e. The van der Waals surface area contributed by atoms with E-state index < -0.39 is 5.79 Å². The average Bonchev–Trinajstić information content (AvgIpc) is 2.25. The molecule has 1 fully saturated rings. The maximum atomic E-state index is 5.57. The Morgan fingerprint density at radius 2 is 1.88 bits per heavy atom. The van der Waals surface area contributed by atoms with Crippen molar-refractivity contribution in [3.8, 4) is 0 Å². The van der Waals surface area contributed by atoms with Gasteiger partial charge in [-0.3, -0.25) is 0 Å². The van der Waals surface area contributed by atoms with Gasteiger partial charge in [-0.15, -0.1) is 0 Å². The molecule has 0 aromatic carbocycles. The van der Waals surface area contributed by atoms with Crippen molar-refractivity contribution in [3.63, 3.8) is 0 Å². The maximum absolute atomic E-state index is 5.57. The third kappa shape index (κ3) is 5.80. The SMILES string of the molecule is COCCCCCNC1COC(C)(C)OC1. The van der Waals surface area contributed by atoms with Crippen LogP contribution in [-0.4, -0.2) is 45.3 Å². The second kappa shape index (κ2) is 7.22. The van der Waals surface area contributed by atoms with Crippen molar-refractivity contribution in [1.82, 2.24) is 5.32 Å². The van der Waals surface area contributed by atoms with Gasteiger partial charge >= 0.3 is 0 Å². The molecule has 0 aromatic heterocycles. The number of methoxy groups -OCH3 is 1. The summed E-state index contributed by atoms with van der Waals surface area (Å²) in [4.78, 5) is 0. The first-order valence-corrected chi connectivity index (χ1v) is 6.14. The summed E-state index contributed by atoms with van der Waals surface area (Å²) >= 11 is 0. The molecule has 96 valence electrons. The fourth-order valence-electron chi connectivity index (χ4n) is 1.66. The lowest BCUT2D eigenvalue weighted by Crippen LogP contribution is -2.48. The van der Waals surface area contributed by atoms with E-state index in [1.807, 2.05) is 13.8 Å². The summed E-state index contributed by atoms with van der Waals surface area (Å²) in [5.41, 5.74) is 0. The molecule has 0 radical (unpaired) electrons. The van der Waals surface area contributed by atoms with Crippen LogP contribution < -0.4 is 5.32 Å². The third-order valence-corrected chi connectivity index (χ3v) is 2.72. The molecular formula is C12H25NO3. The second-order valence-electron chi connectivity index (χ2n) is 4.73. The summed E-state index contributed by atoms with van der Waals surface area (Å²) < 4.78 is 16.1. The van der Waals surface area contributed by atoms with Gasteiger partial charge in [-0.05, 0) is 39.7 Å². The summed E-state index contributed by atoms with van der Waals surface area (Å²) in [7, 11) is 1.75. The van der Waals surface area contributed by atoms with Crippen LogP contribution in [0.25, 0.3) is 0 Å². The number of nitrogens with one attached hydrogen (secondary N) is 1. The minimum absolute atomic E-state index is 0.343. The fourth-order valence-corrected chi connectivity index (χ4v) is 1.66. The lowest BCUT2D eigenvalue weighted by atomic mass is 10.2. The highest BCUT2D eigenvalue weighted by molar-refractivity contribution is 4.72. The third-order valence-electron chi connectivity index (χ3n) is 2.72. The molecule has 1 aliphatic rings. The van der Waals surface area contributed by atoms with Crippen molar-refractivity contribution in [2.75, 3.05) is 33.5 Å². The summed E-state index contributed by atoms with van der Waals surface area (Å²) in [6.07, 6.45) is 3.53. The Labute approximate surface area is 98.6 Å². The van der Waals surface area contributed by atoms with E-state index in [-0.39, 0.29) is 0 Å². The van der Waals surface area contributed by atoms with Crippen LogP contribution in [0.1, 0.15) is 33.1 Å². The molecule has 4 heteroatoms. The monoisotopic (exact) mass is 231 g/mol. The van der Waals surface area contributed by atoms with Gasteiger partial charge in [-0.25, -0.2) is 0 Å². The lowest BCUT2D eigenvalue weighted by Gasteiger charge is -2.35. The van der Waals surface area contributed by atoms with Crippen molar-refractivity contribution in [2.45, 2.75) is 44.9 Å². The molecule has 1 rings (SSSR count). The fraction of sp³-hybridized carbons (Fsp3) is 1.00. The molecule has 1 heterocycles. The van der Waals surface area contributed by atoms with Gasteiger partial charge < -0.3 is 19.5 Å². The molecule has 1 saturated heterocycles. The molecule has 0 atom stereocenters. The van der Waals surface area contributed by atoms with Crippen LogP contribution in [0.2, 0.25) is 0 Å². The second-order valence-corrected chi connectivity index (χ2v) is 4.73. The van der Waals surface area contributed by atoms with Crippen molar-refractivity contribution in [1.29, 1.82) is 0 Å². The minimum Gasteiger partial charge on any atom is -0.385 e. The van der Waals surface area contributed by atoms with E-state index in [0.717, 1.165) is 32.8 Å². The minimum atomic E-state index is -0.406. The first-order chi connectivity index (χ1) is 7.64. The van der Waals surface area contributed by atoms with E-state index in [0.29, 0.717) is 6.04 Å². The summed E-state index contributed by atoms with van der Waals surface area (Å²) in [6, 6.07) is 0.343. The molecule has 1 aliphatic heterocycles. The van der Waals surface area contributed by atoms with Crippen LogP contribution in [0.15, 0.2) is 0 Å². The molecular weight excluding hydrogens is 206 g/mol. The Hall–Kier alpha value is -0.160. The van der Waals surface area contributed by atoms with E-state index in [9.17, 15) is 0 Å². The van der Waals surface area contributed by atoms with Gasteiger partial charge in [0.15, 0.2) is 5.79 Å². The molecule has 0 unspecified atom stereocenters. The Bertz CT molecular complexity index is 175. The van der Waals surface area contributed by atoms with E-state index in [4.69, 9.17) is 14.2 Å². The van der Waals surface area contributed by atoms with E-state index in [1.54, 1.807) is 7.11 Å². The highest BCUT2D eigenvalue weighted by atomic mass is 16.7. The topological polar surface area (TPSA) is 39.7 Å². The Morgan fingerprint density at radius 1 is 1.19 bits per heavy atom. The summed E-state index contributed by atoms with van der Waals surface area (Å²) in [6.45, 7) is 7.28. The number of unbranched alkanes of at least 4 members (excludes halogenated alkanes) is 2. The van der Waals surface area contributed by atoms with Crippen LogP contribution in [0.4, 0.5) is 0 Å². The van der Waals surface area contributed by atoms with Crippen LogP contribution in [-0.2, 0) is 14.2 Å². The molecule has 16 heavy (non-hydrogen) atoms. The molecule has 0 saturated carbocycles. The maximum Gasteiger partial charge on any atom is 0.162 e. The van der Waals surface area contributed by atoms with Crippen LogP contribution in [0, 0.1) is 0 Å². The molecule has 0 amide bonds. The standard InChI is InChI=1S/C12H25NO3/c1-12(2)15-9-11(10-16-12)13-7-5-4-6-8-14-3/h11,13H,4-10H2,1-3H3. The van der Waals surface area contributed by atoms with E-state index in [1.165, 1.54) is 12.8 Å². The van der Waals surface area contributed by atoms with Gasteiger partial charge in [0.05, 0.1) is 19.3 Å². The van der Waals surface area contributed by atoms with Gasteiger partial charge in [0.25, 0.3) is 0 Å². The molecule has 0 aliphatic carbocycles. The van der Waals surface area contributed by atoms with Gasteiger partial charge in [0.1, 0.15) is 0 Å². The van der Waals surface area contributed by atoms with Crippen LogP contribution in [0.5, 0.6) is 0 Å². The average molecular weight is 231 g/mol. The largest absolute Gasteiger partial charge is 0.385 e. The predicted molar refractivity (Wildman–Crippen MR) is 63.5 cm³/mol. The zero-order valence-corrected chi connectivity index (χ0v) is 10.8. The molecule has 1 N–H and O–H groups in total. The highest BCUT2D eigenvalue weighted by Crippen LogP contribution is 2.16. The predicted octanol–water partition coefficient (Wildman–Crippen LogP) is 1.54. The van der Waals surface area contributed by atoms with Gasteiger partial charge in [0, 0.05) is 13.7 Å². The number of rotatable bonds is 7. The molecule has 0 aromatic rings. The van der Waals surface area contributed by atoms with Crippen molar-refractivity contribution in [3.05, 3.63) is 0 Å². The normalized spacial score (nSPS) is 21.2. The quantitative estimate of drug-likeness (QED) is 0.675. The van der Waals surface area contributed by atoms with Gasteiger partial charge in [-0.2, -0.15) is 0 Å². The Kier molecular flexibility index (Phi) is 6.28. The van der Waals surface area contributed by atoms with Crippen LogP contribution in [0.3, 0.4) is 0 Å². The van der Waals surface area contributed by atoms with Crippen molar-refractivity contribution >= 4 is 0 Å². The molecule has 0 spiro atoms. The lowest BCUT2D eigenvalue weighted by molar-refractivity contribution is -0.252. The summed E-state index contributed by atoms with van der Waals surface area (Å²) in [5, 5.41) is 3.45. The number of hydrogen-bond acceptors (Lipinski definition) is 4. The zero-order chi connectivity index (χ0) is 11.9. The van der Waals surface area contributed by atoms with E-state index >= 15 is 0 Å². The van der Waals surface area contributed by atoms with E-state index in [2.05, 4.69) is 5.32 Å². The Balaban J connectivity index is 1.94. The van der Waals surface area contributed by atoms with Crippen molar-refractivity contribution < 1.29 is 14.2 Å². The highest BCUT2D eigenvalue weighted by Gasteiger charge is 2.27. The number of hydrogen-bond donors (Lipinski definition) is 1. The summed E-state index contributed by atoms with van der Waals surface area (Å²) in [5.74, 6) is -0.406. The van der Waals surface area contributed by atoms with Crippen molar-refractivity contribution in [2.24, 2.45) is 0 Å². The Morgan fingerprint density at radius 3 is 2.50 bits per heavy atom. The first kappa shape index (κ1) is 13.9. The number of ether oxygens (including phenoxy) is 3.